The van der Waals surface area contributed by atoms with Crippen LogP contribution in [0.3, 0.4) is 0 Å². The fourth-order valence-electron chi connectivity index (χ4n) is 2.90. The van der Waals surface area contributed by atoms with Gasteiger partial charge in [0.15, 0.2) is 0 Å². The number of pyridine rings is 1. The summed E-state index contributed by atoms with van der Waals surface area (Å²) < 4.78 is 12.9. The molecular formula is C17H19FN4O. The minimum absolute atomic E-state index is 0.234. The number of nitrogens with two attached hydrogens (primary N) is 1. The van der Waals surface area contributed by atoms with Crippen LogP contribution in [-0.4, -0.2) is 30.0 Å². The van der Waals surface area contributed by atoms with Crippen molar-refractivity contribution in [2.45, 2.75) is 18.9 Å². The molecule has 2 heterocycles. The predicted molar refractivity (Wildman–Crippen MR) is 88.0 cm³/mol. The number of carbonyl (C=O) groups is 1. The maximum atomic E-state index is 12.9. The van der Waals surface area contributed by atoms with Gasteiger partial charge in [0.2, 0.25) is 0 Å². The Bertz CT molecular complexity index is 681. The monoisotopic (exact) mass is 314 g/mol. The van der Waals surface area contributed by atoms with Crippen LogP contribution in [0, 0.1) is 5.82 Å². The number of amides is 1. The number of nitrogens with one attached hydrogen (secondary N) is 1. The van der Waals surface area contributed by atoms with E-state index in [9.17, 15) is 9.18 Å². The smallest absolute Gasteiger partial charge is 0.252 e. The first kappa shape index (κ1) is 15.3. The molecule has 1 aliphatic rings. The molecule has 0 aliphatic carbocycles. The van der Waals surface area contributed by atoms with Crippen molar-refractivity contribution >= 4 is 17.3 Å². The van der Waals surface area contributed by atoms with Gasteiger partial charge in [0.25, 0.3) is 5.91 Å². The molecule has 0 bridgehead atoms. The maximum absolute atomic E-state index is 12.9. The van der Waals surface area contributed by atoms with Gasteiger partial charge in [0.05, 0.1) is 11.3 Å². The van der Waals surface area contributed by atoms with E-state index in [0.29, 0.717) is 11.6 Å². The third kappa shape index (κ3) is 3.59. The molecule has 1 amide bonds. The molecule has 2 aromatic rings. The second-order valence-electron chi connectivity index (χ2n) is 5.67. The summed E-state index contributed by atoms with van der Waals surface area (Å²) in [7, 11) is 0. The molecule has 1 saturated heterocycles. The Morgan fingerprint density at radius 3 is 2.57 bits per heavy atom. The second-order valence-corrected chi connectivity index (χ2v) is 5.67. The number of primary amides is 1. The molecule has 1 fully saturated rings. The van der Waals surface area contributed by atoms with E-state index in [1.807, 2.05) is 6.07 Å². The zero-order chi connectivity index (χ0) is 16.2. The molecule has 120 valence electrons. The van der Waals surface area contributed by atoms with Gasteiger partial charge in [-0.3, -0.25) is 9.78 Å². The van der Waals surface area contributed by atoms with E-state index in [0.717, 1.165) is 37.3 Å². The largest absolute Gasteiger partial charge is 0.382 e. The van der Waals surface area contributed by atoms with Crippen molar-refractivity contribution in [1.29, 1.82) is 0 Å². The number of piperidine rings is 1. The van der Waals surface area contributed by atoms with Crippen LogP contribution in [0.25, 0.3) is 0 Å². The van der Waals surface area contributed by atoms with E-state index in [1.54, 1.807) is 18.3 Å². The van der Waals surface area contributed by atoms with Gasteiger partial charge in [0.1, 0.15) is 5.82 Å². The van der Waals surface area contributed by atoms with Crippen molar-refractivity contribution in [3.8, 4) is 0 Å². The van der Waals surface area contributed by atoms with Crippen molar-refractivity contribution < 1.29 is 9.18 Å². The molecule has 23 heavy (non-hydrogen) atoms. The van der Waals surface area contributed by atoms with Gasteiger partial charge in [0, 0.05) is 37.2 Å². The summed E-state index contributed by atoms with van der Waals surface area (Å²) in [6.45, 7) is 1.65. The number of anilines is 2. The molecule has 3 N–H and O–H groups in total. The van der Waals surface area contributed by atoms with Gasteiger partial charge in [-0.15, -0.1) is 0 Å². The highest BCUT2D eigenvalue weighted by atomic mass is 19.1. The van der Waals surface area contributed by atoms with Crippen LogP contribution in [0.5, 0.6) is 0 Å². The summed E-state index contributed by atoms with van der Waals surface area (Å²) in [6.07, 6.45) is 5.04. The maximum Gasteiger partial charge on any atom is 0.252 e. The molecule has 0 atom stereocenters. The van der Waals surface area contributed by atoms with Crippen molar-refractivity contribution in [1.82, 2.24) is 4.98 Å². The van der Waals surface area contributed by atoms with E-state index in [-0.39, 0.29) is 5.82 Å². The minimum atomic E-state index is -0.459. The summed E-state index contributed by atoms with van der Waals surface area (Å²) in [5.41, 5.74) is 7.63. The van der Waals surface area contributed by atoms with Crippen molar-refractivity contribution in [2.75, 3.05) is 23.3 Å². The van der Waals surface area contributed by atoms with E-state index >= 15 is 0 Å². The fourth-order valence-corrected chi connectivity index (χ4v) is 2.90. The standard InChI is InChI=1S/C17H19FN4O/c18-12-1-3-13(4-2-12)21-14-6-9-22(10-7-14)16-5-8-20-11-15(16)17(19)23/h1-5,8,11,14,21H,6-7,9-10H2,(H2,19,23). The van der Waals surface area contributed by atoms with Gasteiger partial charge in [-0.1, -0.05) is 0 Å². The topological polar surface area (TPSA) is 71.2 Å². The lowest BCUT2D eigenvalue weighted by Gasteiger charge is -2.35. The van der Waals surface area contributed by atoms with Crippen LogP contribution in [0.15, 0.2) is 42.7 Å². The summed E-state index contributed by atoms with van der Waals surface area (Å²) in [6, 6.07) is 8.55. The van der Waals surface area contributed by atoms with Crippen LogP contribution in [0.4, 0.5) is 15.8 Å². The summed E-state index contributed by atoms with van der Waals surface area (Å²) >= 11 is 0. The Hall–Kier alpha value is -2.63. The van der Waals surface area contributed by atoms with Gasteiger partial charge < -0.3 is 16.0 Å². The zero-order valence-corrected chi connectivity index (χ0v) is 12.7. The number of rotatable bonds is 4. The van der Waals surface area contributed by atoms with Crippen LogP contribution < -0.4 is 16.0 Å². The average molecular weight is 314 g/mol. The Morgan fingerprint density at radius 1 is 1.22 bits per heavy atom. The molecule has 1 aliphatic heterocycles. The lowest BCUT2D eigenvalue weighted by molar-refractivity contribution is 0.100. The molecule has 0 spiro atoms. The van der Waals surface area contributed by atoms with E-state index < -0.39 is 5.91 Å². The highest BCUT2D eigenvalue weighted by Crippen LogP contribution is 2.24. The van der Waals surface area contributed by atoms with Crippen LogP contribution in [0.1, 0.15) is 23.2 Å². The van der Waals surface area contributed by atoms with Crippen molar-refractivity contribution in [3.63, 3.8) is 0 Å². The van der Waals surface area contributed by atoms with E-state index in [1.165, 1.54) is 18.3 Å². The third-order valence-corrected chi connectivity index (χ3v) is 4.11. The normalized spacial score (nSPS) is 15.4. The number of hydrogen-bond donors (Lipinski definition) is 2. The lowest BCUT2D eigenvalue weighted by atomic mass is 10.0. The first-order valence-electron chi connectivity index (χ1n) is 7.64. The number of nitrogens with zero attached hydrogens (tertiary/aromatic N) is 2. The predicted octanol–water partition coefficient (Wildman–Crippen LogP) is 2.40. The summed E-state index contributed by atoms with van der Waals surface area (Å²) in [5, 5.41) is 3.42. The lowest BCUT2D eigenvalue weighted by Crippen LogP contribution is -2.40. The highest BCUT2D eigenvalue weighted by molar-refractivity contribution is 5.98. The molecule has 0 radical (unpaired) electrons. The molecule has 1 aromatic heterocycles. The van der Waals surface area contributed by atoms with Gasteiger partial charge >= 0.3 is 0 Å². The first-order chi connectivity index (χ1) is 11.1. The quantitative estimate of drug-likeness (QED) is 0.909. The molecule has 5 nitrogen and oxygen atoms in total. The summed E-state index contributed by atoms with van der Waals surface area (Å²) in [4.78, 5) is 17.6. The Kier molecular flexibility index (Phi) is 4.41. The van der Waals surface area contributed by atoms with Crippen LogP contribution >= 0.6 is 0 Å². The molecule has 1 aromatic carbocycles. The summed E-state index contributed by atoms with van der Waals surface area (Å²) in [5.74, 6) is -0.693. The van der Waals surface area contributed by atoms with E-state index in [4.69, 9.17) is 5.73 Å². The molecule has 0 saturated carbocycles. The highest BCUT2D eigenvalue weighted by Gasteiger charge is 2.22. The fraction of sp³-hybridized carbons (Fsp3) is 0.294. The molecule has 0 unspecified atom stereocenters. The average Bonchev–Trinajstić information content (AvgIpc) is 2.58. The number of hydrogen-bond acceptors (Lipinski definition) is 4. The molecule has 6 heteroatoms. The SMILES string of the molecule is NC(=O)c1cnccc1N1CCC(Nc2ccc(F)cc2)CC1. The van der Waals surface area contributed by atoms with Crippen LogP contribution in [-0.2, 0) is 0 Å². The number of carbonyl (C=O) groups excluding carboxylic acids is 1. The first-order valence-corrected chi connectivity index (χ1v) is 7.64. The number of benzene rings is 1. The minimum Gasteiger partial charge on any atom is -0.382 e. The Morgan fingerprint density at radius 2 is 1.91 bits per heavy atom. The molecule has 3 rings (SSSR count). The number of halogens is 1. The zero-order valence-electron chi connectivity index (χ0n) is 12.7. The van der Waals surface area contributed by atoms with Gasteiger partial charge in [-0.05, 0) is 43.2 Å². The number of aromatic nitrogens is 1. The Labute approximate surface area is 134 Å². The van der Waals surface area contributed by atoms with E-state index in [2.05, 4.69) is 15.2 Å². The molecular weight excluding hydrogens is 295 g/mol. The van der Waals surface area contributed by atoms with Crippen LogP contribution in [0.2, 0.25) is 0 Å². The third-order valence-electron chi connectivity index (χ3n) is 4.11. The van der Waals surface area contributed by atoms with Crippen molar-refractivity contribution in [2.24, 2.45) is 5.73 Å². The Balaban J connectivity index is 1.62. The van der Waals surface area contributed by atoms with Crippen molar-refractivity contribution in [3.05, 3.63) is 54.1 Å². The van der Waals surface area contributed by atoms with Gasteiger partial charge in [-0.25, -0.2) is 4.39 Å². The second kappa shape index (κ2) is 6.64. The van der Waals surface area contributed by atoms with Gasteiger partial charge in [-0.2, -0.15) is 0 Å².